The quantitative estimate of drug-likeness (QED) is 0.795. The largest absolute Gasteiger partial charge is 0.416 e. The van der Waals surface area contributed by atoms with Gasteiger partial charge < -0.3 is 14.9 Å². The number of aliphatic hydroxyl groups excluding tert-OH is 1. The number of benzene rings is 1. The van der Waals surface area contributed by atoms with E-state index < -0.39 is 17.8 Å². The lowest BCUT2D eigenvalue weighted by Gasteiger charge is -2.17. The van der Waals surface area contributed by atoms with Crippen molar-refractivity contribution in [3.8, 4) is 0 Å². The number of amides is 1. The van der Waals surface area contributed by atoms with E-state index in [-0.39, 0.29) is 24.4 Å². The Morgan fingerprint density at radius 1 is 1.36 bits per heavy atom. The van der Waals surface area contributed by atoms with Crippen LogP contribution in [-0.2, 0) is 17.4 Å². The van der Waals surface area contributed by atoms with Gasteiger partial charge >= 0.3 is 6.18 Å². The first-order valence-corrected chi connectivity index (χ1v) is 7.67. The summed E-state index contributed by atoms with van der Waals surface area (Å²) in [4.78, 5) is 15.7. The molecule has 1 heterocycles. The summed E-state index contributed by atoms with van der Waals surface area (Å²) in [5.41, 5.74) is -1.18. The highest BCUT2D eigenvalue weighted by molar-refractivity contribution is 5.75. The van der Waals surface area contributed by atoms with Crippen LogP contribution in [0, 0.1) is 6.92 Å². The number of alkyl halides is 3. The molecule has 25 heavy (non-hydrogen) atoms. The summed E-state index contributed by atoms with van der Waals surface area (Å²) in [7, 11) is 0. The van der Waals surface area contributed by atoms with E-state index in [1.54, 1.807) is 6.92 Å². The van der Waals surface area contributed by atoms with Gasteiger partial charge in [-0.3, -0.25) is 4.79 Å². The topological polar surface area (TPSA) is 88.2 Å². The molecule has 1 aromatic carbocycles. The number of nitrogens with one attached hydrogen (secondary N) is 1. The molecular formula is C16H18F3N3O3. The van der Waals surface area contributed by atoms with E-state index in [9.17, 15) is 23.1 Å². The Hall–Kier alpha value is -2.42. The molecule has 2 rings (SSSR count). The number of hydrogen-bond donors (Lipinski definition) is 2. The van der Waals surface area contributed by atoms with Gasteiger partial charge in [-0.05, 0) is 25.0 Å². The van der Waals surface area contributed by atoms with Crippen molar-refractivity contribution in [1.29, 1.82) is 0 Å². The predicted molar refractivity (Wildman–Crippen MR) is 81.4 cm³/mol. The Morgan fingerprint density at radius 3 is 2.72 bits per heavy atom. The Morgan fingerprint density at radius 2 is 2.08 bits per heavy atom. The Kier molecular flexibility index (Phi) is 6.13. The lowest BCUT2D eigenvalue weighted by atomic mass is 10.0. The first-order valence-electron chi connectivity index (χ1n) is 7.67. The summed E-state index contributed by atoms with van der Waals surface area (Å²) in [5, 5.41) is 16.0. The average molecular weight is 357 g/mol. The maximum atomic E-state index is 12.9. The molecule has 0 aliphatic heterocycles. The van der Waals surface area contributed by atoms with Crippen LogP contribution < -0.4 is 5.32 Å². The molecule has 2 aromatic rings. The number of carbonyl (C=O) groups is 1. The van der Waals surface area contributed by atoms with Crippen molar-refractivity contribution in [2.45, 2.75) is 38.5 Å². The van der Waals surface area contributed by atoms with Crippen molar-refractivity contribution in [2.75, 3.05) is 6.54 Å². The van der Waals surface area contributed by atoms with E-state index >= 15 is 0 Å². The van der Waals surface area contributed by atoms with Gasteiger partial charge in [0.05, 0.1) is 11.7 Å². The summed E-state index contributed by atoms with van der Waals surface area (Å²) >= 11 is 0. The van der Waals surface area contributed by atoms with Gasteiger partial charge in [-0.15, -0.1) is 0 Å². The van der Waals surface area contributed by atoms with Crippen LogP contribution in [0.2, 0.25) is 0 Å². The van der Waals surface area contributed by atoms with E-state index in [2.05, 4.69) is 15.5 Å². The number of halogens is 3. The molecule has 0 bridgehead atoms. The Labute approximate surface area is 142 Å². The van der Waals surface area contributed by atoms with E-state index in [1.165, 1.54) is 18.2 Å². The summed E-state index contributed by atoms with van der Waals surface area (Å²) < 4.78 is 43.7. The molecule has 1 aromatic heterocycles. The molecule has 0 aliphatic carbocycles. The van der Waals surface area contributed by atoms with Gasteiger partial charge in [-0.25, -0.2) is 0 Å². The second kappa shape index (κ2) is 8.11. The third-order valence-electron chi connectivity index (χ3n) is 3.48. The molecule has 1 amide bonds. The molecular weight excluding hydrogens is 339 g/mol. The van der Waals surface area contributed by atoms with Crippen LogP contribution in [0.15, 0.2) is 28.8 Å². The normalized spacial score (nSPS) is 12.8. The number of hydrogen-bond acceptors (Lipinski definition) is 5. The standard InChI is InChI=1S/C16H18F3N3O3/c1-10-21-15(25-22-10)8-4-7-14(24)20-9-13(23)11-5-2-3-6-12(11)16(17,18)19/h2-3,5-6,13,23H,4,7-9H2,1H3,(H,20,24). The zero-order valence-electron chi connectivity index (χ0n) is 13.5. The summed E-state index contributed by atoms with van der Waals surface area (Å²) in [5.74, 6) is 0.551. The molecule has 2 N–H and O–H groups in total. The van der Waals surface area contributed by atoms with Crippen LogP contribution >= 0.6 is 0 Å². The van der Waals surface area contributed by atoms with E-state index in [4.69, 9.17) is 4.52 Å². The average Bonchev–Trinajstić information content (AvgIpc) is 2.97. The van der Waals surface area contributed by atoms with Crippen molar-refractivity contribution in [1.82, 2.24) is 15.5 Å². The highest BCUT2D eigenvalue weighted by atomic mass is 19.4. The first-order chi connectivity index (χ1) is 11.8. The number of aromatic nitrogens is 2. The van der Waals surface area contributed by atoms with Gasteiger partial charge in [-0.2, -0.15) is 18.2 Å². The minimum atomic E-state index is -4.57. The lowest BCUT2D eigenvalue weighted by molar-refractivity contribution is -0.139. The first kappa shape index (κ1) is 18.9. The van der Waals surface area contributed by atoms with Crippen molar-refractivity contribution in [2.24, 2.45) is 0 Å². The Bertz CT molecular complexity index is 716. The van der Waals surface area contributed by atoms with Gasteiger partial charge in [0, 0.05) is 19.4 Å². The maximum absolute atomic E-state index is 12.9. The molecule has 136 valence electrons. The van der Waals surface area contributed by atoms with Crippen LogP contribution in [0.5, 0.6) is 0 Å². The van der Waals surface area contributed by atoms with Crippen molar-refractivity contribution in [3.05, 3.63) is 47.1 Å². The molecule has 0 spiro atoms. The zero-order chi connectivity index (χ0) is 18.4. The molecule has 0 saturated heterocycles. The molecule has 0 radical (unpaired) electrons. The molecule has 0 aliphatic rings. The summed E-state index contributed by atoms with van der Waals surface area (Å²) in [6, 6.07) is 4.74. The summed E-state index contributed by atoms with van der Waals surface area (Å²) in [6.07, 6.45) is -5.00. The van der Waals surface area contributed by atoms with Gasteiger partial charge in [0.2, 0.25) is 11.8 Å². The fraction of sp³-hybridized carbons (Fsp3) is 0.438. The fourth-order valence-electron chi connectivity index (χ4n) is 2.30. The second-order valence-electron chi connectivity index (χ2n) is 5.49. The smallest absolute Gasteiger partial charge is 0.387 e. The van der Waals surface area contributed by atoms with Gasteiger partial charge in [-0.1, -0.05) is 23.4 Å². The Balaban J connectivity index is 1.81. The number of nitrogens with zero attached hydrogens (tertiary/aromatic N) is 2. The molecule has 0 saturated carbocycles. The highest BCUT2D eigenvalue weighted by Crippen LogP contribution is 2.34. The number of aryl methyl sites for hydroxylation is 2. The molecule has 6 nitrogen and oxygen atoms in total. The molecule has 1 unspecified atom stereocenters. The molecule has 9 heteroatoms. The van der Waals surface area contributed by atoms with Crippen molar-refractivity contribution in [3.63, 3.8) is 0 Å². The van der Waals surface area contributed by atoms with Crippen molar-refractivity contribution >= 4 is 5.91 Å². The number of carbonyl (C=O) groups excluding carboxylic acids is 1. The lowest BCUT2D eigenvalue weighted by Crippen LogP contribution is -2.29. The van der Waals surface area contributed by atoms with Gasteiger partial charge in [0.1, 0.15) is 0 Å². The van der Waals surface area contributed by atoms with E-state index in [0.29, 0.717) is 24.6 Å². The minimum Gasteiger partial charge on any atom is -0.387 e. The van der Waals surface area contributed by atoms with E-state index in [1.807, 2.05) is 0 Å². The summed E-state index contributed by atoms with van der Waals surface area (Å²) in [6.45, 7) is 1.38. The van der Waals surface area contributed by atoms with E-state index in [0.717, 1.165) is 6.07 Å². The number of aliphatic hydroxyl groups is 1. The van der Waals surface area contributed by atoms with Crippen molar-refractivity contribution < 1.29 is 27.6 Å². The molecule has 0 fully saturated rings. The maximum Gasteiger partial charge on any atom is 0.416 e. The van der Waals surface area contributed by atoms with Gasteiger partial charge in [0.25, 0.3) is 0 Å². The third kappa shape index (κ3) is 5.56. The second-order valence-corrected chi connectivity index (χ2v) is 5.49. The third-order valence-corrected chi connectivity index (χ3v) is 3.48. The highest BCUT2D eigenvalue weighted by Gasteiger charge is 2.34. The van der Waals surface area contributed by atoms with Crippen LogP contribution in [0.25, 0.3) is 0 Å². The minimum absolute atomic E-state index is 0.134. The molecule has 1 atom stereocenters. The monoisotopic (exact) mass is 357 g/mol. The van der Waals surface area contributed by atoms with Crippen LogP contribution in [-0.4, -0.2) is 27.7 Å². The van der Waals surface area contributed by atoms with Crippen LogP contribution in [0.4, 0.5) is 13.2 Å². The zero-order valence-corrected chi connectivity index (χ0v) is 13.5. The number of rotatable bonds is 7. The van der Waals surface area contributed by atoms with Gasteiger partial charge in [0.15, 0.2) is 5.82 Å². The SMILES string of the molecule is Cc1noc(CCCC(=O)NCC(O)c2ccccc2C(F)(F)F)n1. The van der Waals surface area contributed by atoms with Crippen LogP contribution in [0.1, 0.15) is 41.8 Å². The fourth-order valence-corrected chi connectivity index (χ4v) is 2.30. The predicted octanol–water partition coefficient (Wildman–Crippen LogP) is 2.57. The van der Waals surface area contributed by atoms with Crippen LogP contribution in [0.3, 0.4) is 0 Å².